The fourth-order valence-corrected chi connectivity index (χ4v) is 1.84. The summed E-state index contributed by atoms with van der Waals surface area (Å²) in [4.78, 5) is 8.08. The number of hydrogen-bond acceptors (Lipinski definition) is 5. The molecular weight excluding hydrogens is 299 g/mol. The van der Waals surface area contributed by atoms with Gasteiger partial charge in [-0.15, -0.1) is 0 Å². The maximum absolute atomic E-state index is 6.06. The van der Waals surface area contributed by atoms with Crippen LogP contribution in [-0.4, -0.2) is 16.5 Å². The van der Waals surface area contributed by atoms with Crippen LogP contribution >= 0.6 is 23.2 Å². The van der Waals surface area contributed by atoms with Crippen LogP contribution in [0.1, 0.15) is 13.3 Å². The molecule has 0 saturated heterocycles. The van der Waals surface area contributed by atoms with Gasteiger partial charge in [-0.2, -0.15) is 9.97 Å². The number of nitrogens with one attached hydrogen (secondary N) is 1. The van der Waals surface area contributed by atoms with Crippen LogP contribution in [0.15, 0.2) is 24.3 Å². The van der Waals surface area contributed by atoms with Crippen molar-refractivity contribution in [1.82, 2.24) is 9.97 Å². The van der Waals surface area contributed by atoms with Crippen LogP contribution in [0.2, 0.25) is 10.0 Å². The third kappa shape index (κ3) is 3.65. The number of hydrogen-bond donors (Lipinski definition) is 2. The van der Waals surface area contributed by atoms with Crippen LogP contribution in [0.25, 0.3) is 0 Å². The molecule has 1 heterocycles. The van der Waals surface area contributed by atoms with E-state index in [-0.39, 0.29) is 5.95 Å². The van der Waals surface area contributed by atoms with Gasteiger partial charge in [-0.25, -0.2) is 0 Å². The van der Waals surface area contributed by atoms with Crippen LogP contribution in [-0.2, 0) is 0 Å². The van der Waals surface area contributed by atoms with Crippen molar-refractivity contribution < 1.29 is 4.74 Å². The quantitative estimate of drug-likeness (QED) is 0.873. The second kappa shape index (κ2) is 6.63. The average molecular weight is 313 g/mol. The number of anilines is 2. The lowest BCUT2D eigenvalue weighted by atomic mass is 10.3. The van der Waals surface area contributed by atoms with Crippen LogP contribution in [0.3, 0.4) is 0 Å². The molecule has 0 fully saturated rings. The molecular formula is C13H14Cl2N4O. The topological polar surface area (TPSA) is 73.1 Å². The molecule has 0 aliphatic rings. The zero-order valence-corrected chi connectivity index (χ0v) is 12.4. The van der Waals surface area contributed by atoms with E-state index < -0.39 is 0 Å². The molecule has 7 heteroatoms. The normalized spacial score (nSPS) is 10.3. The molecule has 0 saturated carbocycles. The van der Waals surface area contributed by atoms with E-state index in [2.05, 4.69) is 22.2 Å². The fraction of sp³-hybridized carbons (Fsp3) is 0.231. The maximum Gasteiger partial charge on any atom is 0.226 e. The molecule has 0 unspecified atom stereocenters. The fourth-order valence-electron chi connectivity index (χ4n) is 1.51. The summed E-state index contributed by atoms with van der Waals surface area (Å²) in [5.74, 6) is 1.45. The lowest BCUT2D eigenvalue weighted by Crippen LogP contribution is -2.05. The number of aromatic nitrogens is 2. The van der Waals surface area contributed by atoms with Crippen LogP contribution < -0.4 is 15.8 Å². The molecule has 5 nitrogen and oxygen atoms in total. The van der Waals surface area contributed by atoms with Crippen molar-refractivity contribution in [2.24, 2.45) is 0 Å². The van der Waals surface area contributed by atoms with Crippen molar-refractivity contribution in [2.75, 3.05) is 17.6 Å². The smallest absolute Gasteiger partial charge is 0.226 e. The Labute approximate surface area is 127 Å². The second-order valence-corrected chi connectivity index (χ2v) is 4.82. The minimum Gasteiger partial charge on any atom is -0.437 e. The van der Waals surface area contributed by atoms with E-state index in [1.807, 2.05) is 0 Å². The zero-order chi connectivity index (χ0) is 14.5. The van der Waals surface area contributed by atoms with Gasteiger partial charge in [0, 0.05) is 12.6 Å². The Morgan fingerprint density at radius 1 is 1.30 bits per heavy atom. The Morgan fingerprint density at radius 3 is 2.85 bits per heavy atom. The molecule has 0 aliphatic carbocycles. The van der Waals surface area contributed by atoms with Gasteiger partial charge in [0.25, 0.3) is 0 Å². The van der Waals surface area contributed by atoms with Crippen molar-refractivity contribution in [1.29, 1.82) is 0 Å². The molecule has 0 atom stereocenters. The van der Waals surface area contributed by atoms with Gasteiger partial charge >= 0.3 is 0 Å². The van der Waals surface area contributed by atoms with Gasteiger partial charge in [0.15, 0.2) is 0 Å². The van der Waals surface area contributed by atoms with Gasteiger partial charge in [-0.1, -0.05) is 36.2 Å². The minimum atomic E-state index is 0.124. The summed E-state index contributed by atoms with van der Waals surface area (Å²) in [7, 11) is 0. The van der Waals surface area contributed by atoms with E-state index >= 15 is 0 Å². The van der Waals surface area contributed by atoms with Crippen molar-refractivity contribution in [2.45, 2.75) is 13.3 Å². The first-order chi connectivity index (χ1) is 9.60. The molecule has 0 bridgehead atoms. The van der Waals surface area contributed by atoms with Gasteiger partial charge in [0.2, 0.25) is 11.8 Å². The zero-order valence-electron chi connectivity index (χ0n) is 10.9. The van der Waals surface area contributed by atoms with Crippen molar-refractivity contribution >= 4 is 35.0 Å². The summed E-state index contributed by atoms with van der Waals surface area (Å²) in [6, 6.07) is 6.78. The molecule has 0 radical (unpaired) electrons. The Balaban J connectivity index is 2.24. The van der Waals surface area contributed by atoms with Crippen molar-refractivity contribution in [3.05, 3.63) is 34.3 Å². The van der Waals surface area contributed by atoms with E-state index in [0.717, 1.165) is 13.0 Å². The molecule has 0 aliphatic heterocycles. The molecule has 2 rings (SSSR count). The molecule has 0 amide bonds. The first-order valence-corrected chi connectivity index (χ1v) is 6.86. The highest BCUT2D eigenvalue weighted by atomic mass is 35.5. The highest BCUT2D eigenvalue weighted by molar-refractivity contribution is 6.42. The number of nitrogens with zero attached hydrogens (tertiary/aromatic N) is 2. The molecule has 3 N–H and O–H groups in total. The lowest BCUT2D eigenvalue weighted by Gasteiger charge is -2.10. The van der Waals surface area contributed by atoms with Crippen molar-refractivity contribution in [3.8, 4) is 11.6 Å². The second-order valence-electron chi connectivity index (χ2n) is 4.03. The molecule has 106 valence electrons. The third-order valence-corrected chi connectivity index (χ3v) is 3.21. The van der Waals surface area contributed by atoms with Crippen LogP contribution in [0.5, 0.6) is 11.6 Å². The third-order valence-electron chi connectivity index (χ3n) is 2.41. The Kier molecular flexibility index (Phi) is 4.87. The van der Waals surface area contributed by atoms with Gasteiger partial charge in [-0.3, -0.25) is 0 Å². The highest BCUT2D eigenvalue weighted by Crippen LogP contribution is 2.34. The summed E-state index contributed by atoms with van der Waals surface area (Å²) in [5.41, 5.74) is 5.65. The number of nitrogen functional groups attached to an aromatic ring is 1. The maximum atomic E-state index is 6.06. The number of benzene rings is 1. The Morgan fingerprint density at radius 2 is 2.10 bits per heavy atom. The SMILES string of the molecule is CCCNc1cc(Oc2cccc(Cl)c2Cl)nc(N)n1. The summed E-state index contributed by atoms with van der Waals surface area (Å²) in [5, 5.41) is 3.86. The average Bonchev–Trinajstić information content (AvgIpc) is 2.41. The number of ether oxygens (including phenoxy) is 1. The van der Waals surface area contributed by atoms with Gasteiger partial charge < -0.3 is 15.8 Å². The van der Waals surface area contributed by atoms with Gasteiger partial charge in [-0.05, 0) is 18.6 Å². The molecule has 0 spiro atoms. The number of nitrogens with two attached hydrogens (primary N) is 1. The Hall–Kier alpha value is -1.72. The van der Waals surface area contributed by atoms with E-state index in [9.17, 15) is 0 Å². The predicted octanol–water partition coefficient (Wildman–Crippen LogP) is 3.98. The highest BCUT2D eigenvalue weighted by Gasteiger charge is 2.09. The number of rotatable bonds is 5. The monoisotopic (exact) mass is 312 g/mol. The molecule has 1 aromatic carbocycles. The standard InChI is InChI=1S/C13H14Cl2N4O/c1-2-6-17-10-7-11(19-13(16)18-10)20-9-5-3-4-8(14)12(9)15/h3-5,7H,2,6H2,1H3,(H3,16,17,18,19). The van der Waals surface area contributed by atoms with Gasteiger partial charge in [0.1, 0.15) is 16.6 Å². The minimum absolute atomic E-state index is 0.124. The van der Waals surface area contributed by atoms with E-state index in [1.54, 1.807) is 24.3 Å². The largest absolute Gasteiger partial charge is 0.437 e. The lowest BCUT2D eigenvalue weighted by molar-refractivity contribution is 0.463. The van der Waals surface area contributed by atoms with Crippen LogP contribution in [0.4, 0.5) is 11.8 Å². The molecule has 1 aromatic heterocycles. The van der Waals surface area contributed by atoms with Gasteiger partial charge in [0.05, 0.1) is 5.02 Å². The summed E-state index contributed by atoms with van der Waals surface area (Å²) < 4.78 is 5.60. The first-order valence-electron chi connectivity index (χ1n) is 6.10. The molecule has 2 aromatic rings. The van der Waals surface area contributed by atoms with E-state index in [0.29, 0.717) is 27.5 Å². The summed E-state index contributed by atoms with van der Waals surface area (Å²) >= 11 is 12.0. The predicted molar refractivity (Wildman–Crippen MR) is 81.8 cm³/mol. The van der Waals surface area contributed by atoms with Crippen LogP contribution in [0, 0.1) is 0 Å². The van der Waals surface area contributed by atoms with Crippen molar-refractivity contribution in [3.63, 3.8) is 0 Å². The Bertz CT molecular complexity index is 607. The first kappa shape index (κ1) is 14.7. The van der Waals surface area contributed by atoms with E-state index in [1.165, 1.54) is 0 Å². The summed E-state index contributed by atoms with van der Waals surface area (Å²) in [6.45, 7) is 2.84. The van der Waals surface area contributed by atoms with E-state index in [4.69, 9.17) is 33.7 Å². The molecule has 20 heavy (non-hydrogen) atoms. The number of halogens is 2. The summed E-state index contributed by atoms with van der Waals surface area (Å²) in [6.07, 6.45) is 0.972.